The molecule has 0 spiro atoms. The first kappa shape index (κ1) is 18.3. The molecule has 2 heterocycles. The number of hydrogen-bond donors (Lipinski definition) is 0. The Kier molecular flexibility index (Phi) is 5.52. The van der Waals surface area contributed by atoms with Gasteiger partial charge in [-0.15, -0.1) is 0 Å². The van der Waals surface area contributed by atoms with Crippen LogP contribution in [0.2, 0.25) is 0 Å². The summed E-state index contributed by atoms with van der Waals surface area (Å²) < 4.78 is 22.0. The predicted octanol–water partition coefficient (Wildman–Crippen LogP) is 3.05. The topological polar surface area (TPSA) is 61.1 Å². The standard InChI is InChI=1S/C20H25NO5/c1-20(2)11-16-5-4-6-17(19(16)26-20)25-14-18(22)21(8-10-23-3)12-15-7-9-24-13-15/h4-7,9,13H,8,10-12,14H2,1-3H3. The van der Waals surface area contributed by atoms with Gasteiger partial charge < -0.3 is 23.5 Å². The molecule has 0 atom stereocenters. The van der Waals surface area contributed by atoms with E-state index in [0.29, 0.717) is 25.4 Å². The minimum atomic E-state index is -0.252. The molecule has 3 rings (SSSR count). The number of rotatable bonds is 8. The molecule has 0 bridgehead atoms. The van der Waals surface area contributed by atoms with Crippen LogP contribution in [0.1, 0.15) is 25.0 Å². The van der Waals surface area contributed by atoms with Crippen molar-refractivity contribution in [2.45, 2.75) is 32.4 Å². The van der Waals surface area contributed by atoms with E-state index in [9.17, 15) is 4.79 Å². The molecule has 0 radical (unpaired) electrons. The maximum atomic E-state index is 12.7. The zero-order valence-electron chi connectivity index (χ0n) is 15.5. The Morgan fingerprint density at radius 3 is 2.88 bits per heavy atom. The van der Waals surface area contributed by atoms with E-state index >= 15 is 0 Å². The molecular weight excluding hydrogens is 334 g/mol. The van der Waals surface area contributed by atoms with Crippen LogP contribution >= 0.6 is 0 Å². The van der Waals surface area contributed by atoms with Gasteiger partial charge in [-0.05, 0) is 26.0 Å². The number of fused-ring (bicyclic) bond motifs is 1. The van der Waals surface area contributed by atoms with Crippen molar-refractivity contribution in [1.29, 1.82) is 0 Å². The summed E-state index contributed by atoms with van der Waals surface area (Å²) >= 11 is 0. The van der Waals surface area contributed by atoms with E-state index < -0.39 is 0 Å². The van der Waals surface area contributed by atoms with Crippen LogP contribution in [0.4, 0.5) is 0 Å². The molecule has 1 amide bonds. The molecule has 1 aromatic heterocycles. The Morgan fingerprint density at radius 2 is 2.15 bits per heavy atom. The fourth-order valence-electron chi connectivity index (χ4n) is 3.03. The summed E-state index contributed by atoms with van der Waals surface area (Å²) in [5.41, 5.74) is 1.78. The third kappa shape index (κ3) is 4.38. The van der Waals surface area contributed by atoms with Gasteiger partial charge in [0.25, 0.3) is 5.91 Å². The molecule has 6 heteroatoms. The Hall–Kier alpha value is -2.47. The number of ether oxygens (including phenoxy) is 3. The first-order valence-electron chi connectivity index (χ1n) is 8.70. The lowest BCUT2D eigenvalue weighted by Gasteiger charge is -2.22. The summed E-state index contributed by atoms with van der Waals surface area (Å²) in [5, 5.41) is 0. The van der Waals surface area contributed by atoms with Gasteiger partial charge in [0, 0.05) is 37.7 Å². The minimum absolute atomic E-state index is 0.0538. The van der Waals surface area contributed by atoms with Crippen molar-refractivity contribution in [2.75, 3.05) is 26.9 Å². The average Bonchev–Trinajstić information content (AvgIpc) is 3.22. The van der Waals surface area contributed by atoms with E-state index in [-0.39, 0.29) is 18.1 Å². The predicted molar refractivity (Wildman–Crippen MR) is 96.3 cm³/mol. The maximum Gasteiger partial charge on any atom is 0.260 e. The van der Waals surface area contributed by atoms with Crippen LogP contribution in [-0.2, 0) is 22.5 Å². The highest BCUT2D eigenvalue weighted by molar-refractivity contribution is 5.78. The second-order valence-electron chi connectivity index (χ2n) is 7.01. The lowest BCUT2D eigenvalue weighted by Crippen LogP contribution is -2.36. The highest BCUT2D eigenvalue weighted by Gasteiger charge is 2.32. The van der Waals surface area contributed by atoms with Gasteiger partial charge in [0.05, 0.1) is 19.1 Å². The second-order valence-corrected chi connectivity index (χ2v) is 7.01. The van der Waals surface area contributed by atoms with Crippen LogP contribution < -0.4 is 9.47 Å². The van der Waals surface area contributed by atoms with Crippen LogP contribution in [0.3, 0.4) is 0 Å². The molecule has 1 aliphatic rings. The van der Waals surface area contributed by atoms with Crippen LogP contribution in [-0.4, -0.2) is 43.3 Å². The van der Waals surface area contributed by atoms with Gasteiger partial charge in [0.2, 0.25) is 0 Å². The lowest BCUT2D eigenvalue weighted by molar-refractivity contribution is -0.134. The highest BCUT2D eigenvalue weighted by atomic mass is 16.5. The number of para-hydroxylation sites is 1. The number of benzene rings is 1. The van der Waals surface area contributed by atoms with Crippen molar-refractivity contribution in [3.8, 4) is 11.5 Å². The van der Waals surface area contributed by atoms with Gasteiger partial charge in [-0.2, -0.15) is 0 Å². The quantitative estimate of drug-likeness (QED) is 0.725. The number of carbonyl (C=O) groups is 1. The van der Waals surface area contributed by atoms with Crippen LogP contribution in [0, 0.1) is 0 Å². The molecule has 6 nitrogen and oxygen atoms in total. The third-order valence-corrected chi connectivity index (χ3v) is 4.28. The number of amides is 1. The van der Waals surface area contributed by atoms with E-state index in [1.54, 1.807) is 24.5 Å². The molecule has 0 saturated heterocycles. The highest BCUT2D eigenvalue weighted by Crippen LogP contribution is 2.41. The van der Waals surface area contributed by atoms with Crippen LogP contribution in [0.5, 0.6) is 11.5 Å². The van der Waals surface area contributed by atoms with Crippen molar-refractivity contribution in [3.05, 3.63) is 47.9 Å². The Balaban J connectivity index is 1.64. The summed E-state index contributed by atoms with van der Waals surface area (Å²) in [7, 11) is 1.61. The number of furan rings is 1. The molecule has 0 saturated carbocycles. The van der Waals surface area contributed by atoms with Gasteiger partial charge in [0.1, 0.15) is 5.60 Å². The van der Waals surface area contributed by atoms with E-state index in [4.69, 9.17) is 18.6 Å². The van der Waals surface area contributed by atoms with E-state index in [1.165, 1.54) is 0 Å². The second kappa shape index (κ2) is 7.83. The van der Waals surface area contributed by atoms with Crippen LogP contribution in [0.25, 0.3) is 0 Å². The summed E-state index contributed by atoms with van der Waals surface area (Å²) in [6, 6.07) is 7.64. The fourth-order valence-corrected chi connectivity index (χ4v) is 3.03. The first-order chi connectivity index (χ1) is 12.5. The first-order valence-corrected chi connectivity index (χ1v) is 8.70. The van der Waals surface area contributed by atoms with E-state index in [0.717, 1.165) is 23.3 Å². The van der Waals surface area contributed by atoms with Crippen molar-refractivity contribution in [2.24, 2.45) is 0 Å². The third-order valence-electron chi connectivity index (χ3n) is 4.28. The van der Waals surface area contributed by atoms with Crippen molar-refractivity contribution >= 4 is 5.91 Å². The fraction of sp³-hybridized carbons (Fsp3) is 0.450. The molecule has 0 unspecified atom stereocenters. The summed E-state index contributed by atoms with van der Waals surface area (Å²) in [5.74, 6) is 1.23. The smallest absolute Gasteiger partial charge is 0.260 e. The Bertz CT molecular complexity index is 739. The molecule has 0 aliphatic carbocycles. The molecular formula is C20H25NO5. The van der Waals surface area contributed by atoms with E-state index in [2.05, 4.69) is 0 Å². The van der Waals surface area contributed by atoms with Gasteiger partial charge >= 0.3 is 0 Å². The zero-order valence-corrected chi connectivity index (χ0v) is 15.5. The molecule has 0 N–H and O–H groups in total. The molecule has 1 aliphatic heterocycles. The largest absolute Gasteiger partial charge is 0.483 e. The van der Waals surface area contributed by atoms with Crippen molar-refractivity contribution < 1.29 is 23.4 Å². The minimum Gasteiger partial charge on any atom is -0.483 e. The monoisotopic (exact) mass is 359 g/mol. The number of nitrogens with zero attached hydrogens (tertiary/aromatic N) is 1. The Labute approximate surface area is 153 Å². The maximum absolute atomic E-state index is 12.7. The summed E-state index contributed by atoms with van der Waals surface area (Å²) in [6.07, 6.45) is 4.05. The van der Waals surface area contributed by atoms with Gasteiger partial charge in [-0.3, -0.25) is 4.79 Å². The summed E-state index contributed by atoms with van der Waals surface area (Å²) in [4.78, 5) is 14.3. The molecule has 1 aromatic carbocycles. The van der Waals surface area contributed by atoms with E-state index in [1.807, 2.05) is 38.1 Å². The Morgan fingerprint density at radius 1 is 1.31 bits per heavy atom. The van der Waals surface area contributed by atoms with Crippen LogP contribution in [0.15, 0.2) is 41.2 Å². The average molecular weight is 359 g/mol. The van der Waals surface area contributed by atoms with Gasteiger partial charge in [-0.1, -0.05) is 12.1 Å². The molecule has 26 heavy (non-hydrogen) atoms. The zero-order chi connectivity index (χ0) is 18.6. The SMILES string of the molecule is COCCN(Cc1ccoc1)C(=O)COc1cccc2c1OC(C)(C)C2. The molecule has 0 fully saturated rings. The lowest BCUT2D eigenvalue weighted by atomic mass is 10.0. The number of methoxy groups -OCH3 is 1. The number of hydrogen-bond acceptors (Lipinski definition) is 5. The van der Waals surface area contributed by atoms with Gasteiger partial charge in [-0.25, -0.2) is 0 Å². The molecule has 2 aromatic rings. The molecule has 140 valence electrons. The number of carbonyl (C=O) groups excluding carboxylic acids is 1. The van der Waals surface area contributed by atoms with Crippen molar-refractivity contribution in [3.63, 3.8) is 0 Å². The van der Waals surface area contributed by atoms with Gasteiger partial charge in [0.15, 0.2) is 18.1 Å². The normalized spacial score (nSPS) is 14.6. The van der Waals surface area contributed by atoms with Crippen molar-refractivity contribution in [1.82, 2.24) is 4.90 Å². The summed E-state index contributed by atoms with van der Waals surface area (Å²) in [6.45, 7) is 5.43.